The molecule has 0 bridgehead atoms. The van der Waals surface area contributed by atoms with Crippen molar-refractivity contribution in [3.8, 4) is 0 Å². The normalized spacial score (nSPS) is 13.8. The number of rotatable bonds is 8. The lowest BCUT2D eigenvalue weighted by Gasteiger charge is -2.34. The van der Waals surface area contributed by atoms with Crippen molar-refractivity contribution in [3.63, 3.8) is 0 Å². The number of amides is 1. The van der Waals surface area contributed by atoms with E-state index in [-0.39, 0.29) is 18.2 Å². The predicted molar refractivity (Wildman–Crippen MR) is 101 cm³/mol. The highest BCUT2D eigenvalue weighted by molar-refractivity contribution is 7.22. The number of nitrogens with one attached hydrogen (secondary N) is 2. The molecule has 2 aromatic rings. The second kappa shape index (κ2) is 8.95. The van der Waals surface area contributed by atoms with Gasteiger partial charge in [-0.15, -0.1) is 0 Å². The molecule has 28 heavy (non-hydrogen) atoms. The van der Waals surface area contributed by atoms with Crippen LogP contribution in [0.5, 0.6) is 0 Å². The summed E-state index contributed by atoms with van der Waals surface area (Å²) in [4.78, 5) is 28.5. The fourth-order valence-corrected chi connectivity index (χ4v) is 3.55. The Labute approximate surface area is 168 Å². The molecule has 1 aromatic heterocycles. The molecule has 0 aliphatic heterocycles. The Bertz CT molecular complexity index is 859. The molecular formula is C17H19ClF3N3O3S. The van der Waals surface area contributed by atoms with Crippen LogP contribution in [0.25, 0.3) is 10.2 Å². The van der Waals surface area contributed by atoms with Gasteiger partial charge in [0.25, 0.3) is 0 Å². The molecule has 1 aromatic carbocycles. The maximum atomic E-state index is 14.0. The fourth-order valence-electron chi connectivity index (χ4n) is 2.35. The van der Waals surface area contributed by atoms with Gasteiger partial charge in [-0.2, -0.15) is 13.2 Å². The van der Waals surface area contributed by atoms with E-state index in [1.807, 2.05) is 0 Å². The molecular weight excluding hydrogens is 419 g/mol. The monoisotopic (exact) mass is 437 g/mol. The molecule has 1 amide bonds. The second-order valence-electron chi connectivity index (χ2n) is 5.88. The topological polar surface area (TPSA) is 80.3 Å². The summed E-state index contributed by atoms with van der Waals surface area (Å²) in [7, 11) is 0. The average molecular weight is 438 g/mol. The van der Waals surface area contributed by atoms with Crippen molar-refractivity contribution in [2.45, 2.75) is 44.9 Å². The van der Waals surface area contributed by atoms with Crippen LogP contribution in [0.1, 0.15) is 33.1 Å². The summed E-state index contributed by atoms with van der Waals surface area (Å²) in [6, 6.07) is 4.63. The number of alkyl halides is 3. The van der Waals surface area contributed by atoms with Gasteiger partial charge in [0, 0.05) is 11.4 Å². The van der Waals surface area contributed by atoms with Gasteiger partial charge in [0.2, 0.25) is 5.91 Å². The van der Waals surface area contributed by atoms with Crippen LogP contribution in [-0.2, 0) is 14.3 Å². The first kappa shape index (κ1) is 22.2. The van der Waals surface area contributed by atoms with E-state index >= 15 is 0 Å². The number of carbonyl (C=O) groups excluding carboxylic acids is 2. The molecule has 6 nitrogen and oxygen atoms in total. The zero-order valence-electron chi connectivity index (χ0n) is 15.2. The van der Waals surface area contributed by atoms with Crippen LogP contribution in [0.2, 0.25) is 5.02 Å². The zero-order valence-corrected chi connectivity index (χ0v) is 16.7. The van der Waals surface area contributed by atoms with E-state index in [9.17, 15) is 22.8 Å². The van der Waals surface area contributed by atoms with Crippen molar-refractivity contribution >= 4 is 50.2 Å². The van der Waals surface area contributed by atoms with Gasteiger partial charge in [-0.1, -0.05) is 36.3 Å². The fraction of sp³-hybridized carbons (Fsp3) is 0.471. The minimum absolute atomic E-state index is 0.162. The molecule has 0 spiro atoms. The molecule has 1 heterocycles. The highest BCUT2D eigenvalue weighted by atomic mass is 35.5. The number of benzene rings is 1. The number of aromatic nitrogens is 1. The third-order valence-electron chi connectivity index (χ3n) is 3.74. The van der Waals surface area contributed by atoms with Crippen LogP contribution in [0.3, 0.4) is 0 Å². The van der Waals surface area contributed by atoms with Gasteiger partial charge < -0.3 is 15.4 Å². The maximum absolute atomic E-state index is 14.0. The number of anilines is 1. The Hall–Kier alpha value is -2.07. The van der Waals surface area contributed by atoms with Gasteiger partial charge in [-0.05, 0) is 31.5 Å². The average Bonchev–Trinajstić information content (AvgIpc) is 2.99. The van der Waals surface area contributed by atoms with Crippen LogP contribution in [0.15, 0.2) is 18.2 Å². The summed E-state index contributed by atoms with van der Waals surface area (Å²) < 4.78 is 47.2. The zero-order chi connectivity index (χ0) is 20.9. The van der Waals surface area contributed by atoms with Gasteiger partial charge in [0.15, 0.2) is 5.13 Å². The number of esters is 1. The Kier molecular flexibility index (Phi) is 7.11. The van der Waals surface area contributed by atoms with Gasteiger partial charge in [0.05, 0.1) is 16.8 Å². The van der Waals surface area contributed by atoms with E-state index in [1.165, 1.54) is 6.92 Å². The summed E-state index contributed by atoms with van der Waals surface area (Å²) >= 11 is 6.76. The molecule has 0 saturated heterocycles. The second-order valence-corrected chi connectivity index (χ2v) is 7.34. The van der Waals surface area contributed by atoms with Crippen LogP contribution < -0.4 is 10.6 Å². The van der Waals surface area contributed by atoms with Crippen molar-refractivity contribution in [1.29, 1.82) is 0 Å². The van der Waals surface area contributed by atoms with Crippen molar-refractivity contribution in [1.82, 2.24) is 10.3 Å². The minimum Gasteiger partial charge on any atom is -0.463 e. The highest BCUT2D eigenvalue weighted by Gasteiger charge is 2.64. The Balaban J connectivity index is 2.47. The first-order chi connectivity index (χ1) is 13.1. The number of hydrogen-bond donors (Lipinski definition) is 2. The summed E-state index contributed by atoms with van der Waals surface area (Å²) in [6.45, 7) is 2.87. The molecule has 2 N–H and O–H groups in total. The number of nitrogens with zero attached hydrogens (tertiary/aromatic N) is 1. The minimum atomic E-state index is -5.18. The van der Waals surface area contributed by atoms with E-state index in [1.54, 1.807) is 30.4 Å². The number of ether oxygens (including phenoxy) is 1. The Morgan fingerprint density at radius 2 is 2.00 bits per heavy atom. The largest absolute Gasteiger partial charge is 0.463 e. The van der Waals surface area contributed by atoms with E-state index in [4.69, 9.17) is 11.6 Å². The van der Waals surface area contributed by atoms with Gasteiger partial charge in [-0.3, -0.25) is 4.79 Å². The van der Waals surface area contributed by atoms with Crippen LogP contribution in [-0.4, -0.2) is 35.3 Å². The van der Waals surface area contributed by atoms with E-state index in [0.717, 1.165) is 11.3 Å². The van der Waals surface area contributed by atoms with Crippen molar-refractivity contribution in [2.24, 2.45) is 0 Å². The molecule has 0 fully saturated rings. The molecule has 0 unspecified atom stereocenters. The molecule has 0 radical (unpaired) electrons. The number of fused-ring (bicyclic) bond motifs is 1. The third kappa shape index (κ3) is 4.85. The molecule has 0 aliphatic carbocycles. The van der Waals surface area contributed by atoms with Crippen molar-refractivity contribution in [3.05, 3.63) is 23.2 Å². The molecule has 0 saturated carbocycles. The maximum Gasteiger partial charge on any atom is 0.442 e. The van der Waals surface area contributed by atoms with E-state index < -0.39 is 23.7 Å². The first-order valence-electron chi connectivity index (χ1n) is 8.52. The van der Waals surface area contributed by atoms with Gasteiger partial charge >= 0.3 is 17.8 Å². The smallest absolute Gasteiger partial charge is 0.442 e. The number of halogens is 4. The van der Waals surface area contributed by atoms with Crippen LogP contribution >= 0.6 is 22.9 Å². The molecule has 2 rings (SSSR count). The number of unbranched alkanes of at least 4 members (excludes halogenated alkanes) is 1. The molecule has 11 heteroatoms. The molecule has 0 aliphatic rings. The highest BCUT2D eigenvalue weighted by Crippen LogP contribution is 2.36. The quantitative estimate of drug-likeness (QED) is 0.470. The summed E-state index contributed by atoms with van der Waals surface area (Å²) in [6.07, 6.45) is -4.36. The third-order valence-corrected chi connectivity index (χ3v) is 4.90. The first-order valence-corrected chi connectivity index (χ1v) is 9.71. The van der Waals surface area contributed by atoms with Crippen molar-refractivity contribution < 1.29 is 27.5 Å². The predicted octanol–water partition coefficient (Wildman–Crippen LogP) is 4.49. The summed E-state index contributed by atoms with van der Waals surface area (Å²) in [5.74, 6) is -2.59. The van der Waals surface area contributed by atoms with Gasteiger partial charge in [-0.25, -0.2) is 9.78 Å². The Morgan fingerprint density at radius 1 is 1.29 bits per heavy atom. The lowest BCUT2D eigenvalue weighted by atomic mass is 10.1. The SMILES string of the molecule is CCCCC(=O)N[C@](Nc1nc2ccc(Cl)cc2s1)(C(=O)OCC)C(F)(F)F. The van der Waals surface area contributed by atoms with Gasteiger partial charge in [0.1, 0.15) is 0 Å². The van der Waals surface area contributed by atoms with Crippen LogP contribution in [0.4, 0.5) is 18.3 Å². The van der Waals surface area contributed by atoms with Crippen LogP contribution in [0, 0.1) is 0 Å². The lowest BCUT2D eigenvalue weighted by molar-refractivity contribution is -0.207. The summed E-state index contributed by atoms with van der Waals surface area (Å²) in [5.41, 5.74) is -3.06. The number of hydrogen-bond acceptors (Lipinski definition) is 6. The van der Waals surface area contributed by atoms with Crippen molar-refractivity contribution in [2.75, 3.05) is 11.9 Å². The van der Waals surface area contributed by atoms with E-state index in [0.29, 0.717) is 28.1 Å². The number of thiazole rings is 1. The standard InChI is InChI=1S/C17H19ClF3N3O3S/c1-3-5-6-13(25)23-16(17(19,20)21,14(26)27-4-2)24-15-22-11-8-7-10(18)9-12(11)28-15/h7-9H,3-6H2,1-2H3,(H,22,24)(H,23,25)/t16-/m0/s1. The number of carbonyl (C=O) groups is 2. The van der Waals surface area contributed by atoms with E-state index in [2.05, 4.69) is 15.0 Å². The molecule has 154 valence electrons. The molecule has 1 atom stereocenters. The lowest BCUT2D eigenvalue weighted by Crippen LogP contribution is -2.69. The Morgan fingerprint density at radius 3 is 2.61 bits per heavy atom. The summed E-state index contributed by atoms with van der Waals surface area (Å²) in [5, 5.41) is 4.03.